The van der Waals surface area contributed by atoms with Gasteiger partial charge in [0, 0.05) is 18.4 Å². The molecule has 0 aliphatic heterocycles. The van der Waals surface area contributed by atoms with Crippen molar-refractivity contribution in [2.24, 2.45) is 0 Å². The van der Waals surface area contributed by atoms with Crippen LogP contribution in [0.2, 0.25) is 10.0 Å². The van der Waals surface area contributed by atoms with Gasteiger partial charge in [0.25, 0.3) is 5.91 Å². The Morgan fingerprint density at radius 3 is 2.85 bits per heavy atom. The van der Waals surface area contributed by atoms with Crippen molar-refractivity contribution < 1.29 is 4.79 Å². The van der Waals surface area contributed by atoms with E-state index in [0.717, 1.165) is 5.56 Å². The quantitative estimate of drug-likeness (QED) is 0.852. The molecule has 3 N–H and O–H groups in total. The molecule has 1 aromatic carbocycles. The minimum atomic E-state index is -0.312. The van der Waals surface area contributed by atoms with E-state index in [1.54, 1.807) is 10.9 Å². The lowest BCUT2D eigenvalue weighted by Crippen LogP contribution is -2.27. The molecule has 1 aromatic heterocycles. The minimum Gasteiger partial charge on any atom is -0.399 e. The van der Waals surface area contributed by atoms with Crippen molar-refractivity contribution in [2.45, 2.75) is 13.5 Å². The van der Waals surface area contributed by atoms with Gasteiger partial charge >= 0.3 is 0 Å². The fraction of sp³-hybridized carbons (Fsp3) is 0.231. The summed E-state index contributed by atoms with van der Waals surface area (Å²) in [4.78, 5) is 12.0. The zero-order chi connectivity index (χ0) is 14.7. The Morgan fingerprint density at radius 1 is 1.45 bits per heavy atom. The van der Waals surface area contributed by atoms with E-state index >= 15 is 0 Å². The molecule has 0 fully saturated rings. The van der Waals surface area contributed by atoms with E-state index in [2.05, 4.69) is 10.4 Å². The van der Waals surface area contributed by atoms with Crippen LogP contribution in [0.1, 0.15) is 15.9 Å². The predicted octanol–water partition coefficient (Wildman–Crippen LogP) is 2.51. The number of nitrogens with zero attached hydrogens (tertiary/aromatic N) is 2. The van der Waals surface area contributed by atoms with Gasteiger partial charge in [-0.2, -0.15) is 5.10 Å². The number of hydrogen-bond acceptors (Lipinski definition) is 3. The van der Waals surface area contributed by atoms with Gasteiger partial charge in [0.1, 0.15) is 0 Å². The van der Waals surface area contributed by atoms with Crippen LogP contribution in [0.4, 0.5) is 5.69 Å². The molecule has 5 nitrogen and oxygen atoms in total. The molecule has 1 amide bonds. The number of aryl methyl sites for hydroxylation is 1. The van der Waals surface area contributed by atoms with E-state index in [1.165, 1.54) is 12.1 Å². The molecule has 2 rings (SSSR count). The standard InChI is InChI=1S/C13H14Cl2N4O/c1-8-6-18-19(7-8)3-2-17-13(20)10-4-9(16)5-11(14)12(10)15/h4-7H,2-3,16H2,1H3,(H,17,20). The highest BCUT2D eigenvalue weighted by molar-refractivity contribution is 6.44. The second-order valence-corrected chi connectivity index (χ2v) is 5.19. The van der Waals surface area contributed by atoms with Crippen LogP contribution >= 0.6 is 23.2 Å². The van der Waals surface area contributed by atoms with Crippen LogP contribution in [-0.4, -0.2) is 22.2 Å². The van der Waals surface area contributed by atoms with Gasteiger partial charge in [0.15, 0.2) is 0 Å². The predicted molar refractivity (Wildman–Crippen MR) is 80.2 cm³/mol. The number of nitrogens with one attached hydrogen (secondary N) is 1. The second kappa shape index (κ2) is 6.15. The van der Waals surface area contributed by atoms with Gasteiger partial charge in [0.05, 0.1) is 28.4 Å². The Balaban J connectivity index is 1.98. The molecule has 7 heteroatoms. The van der Waals surface area contributed by atoms with E-state index in [1.807, 2.05) is 13.1 Å². The zero-order valence-electron chi connectivity index (χ0n) is 10.9. The molecule has 0 saturated carbocycles. The molecule has 0 bridgehead atoms. The molecular formula is C13H14Cl2N4O. The Kier molecular flexibility index (Phi) is 4.52. The molecule has 0 aliphatic carbocycles. The van der Waals surface area contributed by atoms with Gasteiger partial charge < -0.3 is 11.1 Å². The second-order valence-electron chi connectivity index (χ2n) is 4.40. The summed E-state index contributed by atoms with van der Waals surface area (Å²) < 4.78 is 1.75. The van der Waals surface area contributed by atoms with Crippen molar-refractivity contribution in [3.05, 3.63) is 45.7 Å². The van der Waals surface area contributed by atoms with Crippen LogP contribution in [0.3, 0.4) is 0 Å². The normalized spacial score (nSPS) is 10.6. The molecule has 106 valence electrons. The summed E-state index contributed by atoms with van der Waals surface area (Å²) in [5.41, 5.74) is 7.39. The number of hydrogen-bond donors (Lipinski definition) is 2. The Labute approximate surface area is 126 Å². The Hall–Kier alpha value is -1.72. The van der Waals surface area contributed by atoms with Gasteiger partial charge in [-0.15, -0.1) is 0 Å². The first-order valence-electron chi connectivity index (χ1n) is 5.99. The van der Waals surface area contributed by atoms with E-state index in [-0.39, 0.29) is 21.5 Å². The molecular weight excluding hydrogens is 299 g/mol. The molecule has 0 radical (unpaired) electrons. The van der Waals surface area contributed by atoms with Crippen molar-refractivity contribution >= 4 is 34.8 Å². The first-order valence-corrected chi connectivity index (χ1v) is 6.74. The van der Waals surface area contributed by atoms with Gasteiger partial charge in [0.2, 0.25) is 0 Å². The molecule has 20 heavy (non-hydrogen) atoms. The van der Waals surface area contributed by atoms with Crippen molar-refractivity contribution in [1.29, 1.82) is 0 Å². The van der Waals surface area contributed by atoms with Crippen LogP contribution in [0.15, 0.2) is 24.5 Å². The van der Waals surface area contributed by atoms with Crippen molar-refractivity contribution in [2.75, 3.05) is 12.3 Å². The zero-order valence-corrected chi connectivity index (χ0v) is 12.4. The Bertz CT molecular complexity index is 639. The summed E-state index contributed by atoms with van der Waals surface area (Å²) in [6, 6.07) is 3.01. The van der Waals surface area contributed by atoms with Crippen LogP contribution < -0.4 is 11.1 Å². The number of benzene rings is 1. The maximum atomic E-state index is 12.0. The molecule has 0 aliphatic rings. The highest BCUT2D eigenvalue weighted by atomic mass is 35.5. The SMILES string of the molecule is Cc1cnn(CCNC(=O)c2cc(N)cc(Cl)c2Cl)c1. The Morgan fingerprint density at radius 2 is 2.20 bits per heavy atom. The fourth-order valence-electron chi connectivity index (χ4n) is 1.74. The number of anilines is 1. The van der Waals surface area contributed by atoms with Crippen LogP contribution in [0.5, 0.6) is 0 Å². The summed E-state index contributed by atoms with van der Waals surface area (Å²) in [7, 11) is 0. The summed E-state index contributed by atoms with van der Waals surface area (Å²) in [5.74, 6) is -0.312. The average molecular weight is 313 g/mol. The molecule has 0 saturated heterocycles. The van der Waals surface area contributed by atoms with E-state index in [9.17, 15) is 4.79 Å². The molecule has 2 aromatic rings. The van der Waals surface area contributed by atoms with Crippen LogP contribution in [0, 0.1) is 6.92 Å². The van der Waals surface area contributed by atoms with Crippen LogP contribution in [0.25, 0.3) is 0 Å². The summed E-state index contributed by atoms with van der Waals surface area (Å²) in [5, 5.41) is 7.35. The fourth-order valence-corrected chi connectivity index (χ4v) is 2.17. The van der Waals surface area contributed by atoms with Crippen LogP contribution in [-0.2, 0) is 6.54 Å². The number of amides is 1. The topological polar surface area (TPSA) is 72.9 Å². The third-order valence-electron chi connectivity index (χ3n) is 2.68. The summed E-state index contributed by atoms with van der Waals surface area (Å²) >= 11 is 11.9. The van der Waals surface area contributed by atoms with Crippen molar-refractivity contribution in [1.82, 2.24) is 15.1 Å². The minimum absolute atomic E-state index is 0.202. The lowest BCUT2D eigenvalue weighted by molar-refractivity contribution is 0.0952. The number of carbonyl (C=O) groups excluding carboxylic acids is 1. The van der Waals surface area contributed by atoms with E-state index < -0.39 is 0 Å². The van der Waals surface area contributed by atoms with E-state index in [4.69, 9.17) is 28.9 Å². The molecule has 0 spiro atoms. The van der Waals surface area contributed by atoms with Crippen molar-refractivity contribution in [3.8, 4) is 0 Å². The first kappa shape index (κ1) is 14.7. The average Bonchev–Trinajstić information content (AvgIpc) is 2.79. The first-order chi connectivity index (χ1) is 9.47. The highest BCUT2D eigenvalue weighted by Gasteiger charge is 2.13. The summed E-state index contributed by atoms with van der Waals surface area (Å²) in [6.45, 7) is 2.96. The number of nitrogen functional groups attached to an aromatic ring is 1. The van der Waals surface area contributed by atoms with Gasteiger partial charge in [-0.3, -0.25) is 9.48 Å². The maximum Gasteiger partial charge on any atom is 0.252 e. The van der Waals surface area contributed by atoms with Gasteiger partial charge in [-0.1, -0.05) is 23.2 Å². The molecule has 0 atom stereocenters. The number of aromatic nitrogens is 2. The third kappa shape index (κ3) is 3.43. The lowest BCUT2D eigenvalue weighted by Gasteiger charge is -2.09. The number of halogens is 2. The summed E-state index contributed by atoms with van der Waals surface area (Å²) in [6.07, 6.45) is 3.66. The smallest absolute Gasteiger partial charge is 0.252 e. The largest absolute Gasteiger partial charge is 0.399 e. The molecule has 0 unspecified atom stereocenters. The maximum absolute atomic E-state index is 12.0. The number of nitrogens with two attached hydrogens (primary N) is 1. The third-order valence-corrected chi connectivity index (χ3v) is 3.49. The highest BCUT2D eigenvalue weighted by Crippen LogP contribution is 2.28. The monoisotopic (exact) mass is 312 g/mol. The van der Waals surface area contributed by atoms with Gasteiger partial charge in [-0.05, 0) is 24.6 Å². The lowest BCUT2D eigenvalue weighted by atomic mass is 10.2. The van der Waals surface area contributed by atoms with Gasteiger partial charge in [-0.25, -0.2) is 0 Å². The van der Waals surface area contributed by atoms with E-state index in [0.29, 0.717) is 18.8 Å². The number of carbonyl (C=O) groups is 1. The molecule has 1 heterocycles. The number of rotatable bonds is 4. The van der Waals surface area contributed by atoms with Crippen molar-refractivity contribution in [3.63, 3.8) is 0 Å².